The van der Waals surface area contributed by atoms with Crippen LogP contribution in [0.1, 0.15) is 40.9 Å². The van der Waals surface area contributed by atoms with Crippen LogP contribution in [0.2, 0.25) is 0 Å². The Bertz CT molecular complexity index is 759. The first-order chi connectivity index (χ1) is 12.7. The Kier molecular flexibility index (Phi) is 5.11. The third-order valence-corrected chi connectivity index (χ3v) is 6.43. The Hall–Kier alpha value is -1.69. The number of carbonyl (C=O) groups is 1. The summed E-state index contributed by atoms with van der Waals surface area (Å²) in [6.07, 6.45) is 3.60. The molecular weight excluding hydrogens is 346 g/mol. The molecule has 1 atom stereocenters. The Morgan fingerprint density at radius 1 is 1.19 bits per heavy atom. The lowest BCUT2D eigenvalue weighted by Crippen LogP contribution is -2.51. The molecular formula is C21H25NO3S. The molecule has 0 aliphatic carbocycles. The highest BCUT2D eigenvalue weighted by molar-refractivity contribution is 7.10. The first-order valence-electron chi connectivity index (χ1n) is 9.33. The monoisotopic (exact) mass is 371 g/mol. The average molecular weight is 372 g/mol. The van der Waals surface area contributed by atoms with Crippen LogP contribution in [-0.4, -0.2) is 37.4 Å². The zero-order valence-corrected chi connectivity index (χ0v) is 15.9. The van der Waals surface area contributed by atoms with Crippen LogP contribution < -0.4 is 5.32 Å². The van der Waals surface area contributed by atoms with E-state index in [1.165, 1.54) is 4.88 Å². The van der Waals surface area contributed by atoms with Gasteiger partial charge in [0.15, 0.2) is 0 Å². The lowest BCUT2D eigenvalue weighted by molar-refractivity contribution is -0.139. The van der Waals surface area contributed by atoms with Crippen molar-refractivity contribution in [3.8, 4) is 11.1 Å². The fourth-order valence-corrected chi connectivity index (χ4v) is 4.96. The lowest BCUT2D eigenvalue weighted by atomic mass is 9.84. The molecule has 0 unspecified atom stereocenters. The molecule has 0 radical (unpaired) electrons. The summed E-state index contributed by atoms with van der Waals surface area (Å²) in [6, 6.07) is 10.3. The maximum atomic E-state index is 13.0. The molecule has 1 N–H and O–H groups in total. The van der Waals surface area contributed by atoms with Gasteiger partial charge in [-0.15, -0.1) is 11.3 Å². The molecule has 2 aromatic rings. The molecule has 4 rings (SSSR count). The lowest BCUT2D eigenvalue weighted by Gasteiger charge is -2.43. The molecule has 1 amide bonds. The van der Waals surface area contributed by atoms with E-state index in [2.05, 4.69) is 24.4 Å². The van der Waals surface area contributed by atoms with E-state index in [1.807, 2.05) is 23.6 Å². The quantitative estimate of drug-likeness (QED) is 0.880. The fraction of sp³-hybridized carbons (Fsp3) is 0.476. The SMILES string of the molecule is Cc1scc(C(=O)N[C@@H]2CCOC3(CCOCC3)C2)c1-c1ccccc1. The van der Waals surface area contributed by atoms with Crippen LogP contribution in [0, 0.1) is 6.92 Å². The number of benzene rings is 1. The third kappa shape index (κ3) is 3.56. The van der Waals surface area contributed by atoms with Gasteiger partial charge >= 0.3 is 0 Å². The predicted octanol–water partition coefficient (Wildman–Crippen LogP) is 4.18. The van der Waals surface area contributed by atoms with Gasteiger partial charge in [-0.2, -0.15) is 0 Å². The van der Waals surface area contributed by atoms with E-state index >= 15 is 0 Å². The van der Waals surface area contributed by atoms with Gasteiger partial charge in [0.2, 0.25) is 0 Å². The van der Waals surface area contributed by atoms with Gasteiger partial charge in [-0.1, -0.05) is 30.3 Å². The summed E-state index contributed by atoms with van der Waals surface area (Å²) in [5.41, 5.74) is 2.83. The standard InChI is InChI=1S/C21H25NO3S/c1-15-19(16-5-3-2-4-6-16)18(14-26-15)20(23)22-17-7-10-25-21(13-17)8-11-24-12-9-21/h2-6,14,17H,7-13H2,1H3,(H,22,23)/t17-/m1/s1. The van der Waals surface area contributed by atoms with Gasteiger partial charge in [0.1, 0.15) is 0 Å². The Morgan fingerprint density at radius 3 is 2.73 bits per heavy atom. The summed E-state index contributed by atoms with van der Waals surface area (Å²) in [7, 11) is 0. The molecule has 0 bridgehead atoms. The number of nitrogens with one attached hydrogen (secondary N) is 1. The zero-order valence-electron chi connectivity index (χ0n) is 15.1. The molecule has 4 nitrogen and oxygen atoms in total. The number of hydrogen-bond acceptors (Lipinski definition) is 4. The van der Waals surface area contributed by atoms with Gasteiger partial charge in [0.25, 0.3) is 5.91 Å². The number of hydrogen-bond donors (Lipinski definition) is 1. The van der Waals surface area contributed by atoms with Crippen LogP contribution in [0.15, 0.2) is 35.7 Å². The highest BCUT2D eigenvalue weighted by Crippen LogP contribution is 2.35. The van der Waals surface area contributed by atoms with Crippen molar-refractivity contribution in [2.75, 3.05) is 19.8 Å². The second-order valence-electron chi connectivity index (χ2n) is 7.25. The number of rotatable bonds is 3. The van der Waals surface area contributed by atoms with E-state index < -0.39 is 0 Å². The fourth-order valence-electron chi connectivity index (χ4n) is 4.09. The van der Waals surface area contributed by atoms with Crippen LogP contribution >= 0.6 is 11.3 Å². The van der Waals surface area contributed by atoms with Crippen molar-refractivity contribution in [2.24, 2.45) is 0 Å². The predicted molar refractivity (Wildman–Crippen MR) is 104 cm³/mol. The van der Waals surface area contributed by atoms with Gasteiger partial charge in [-0.3, -0.25) is 4.79 Å². The van der Waals surface area contributed by atoms with Crippen molar-refractivity contribution in [1.82, 2.24) is 5.32 Å². The van der Waals surface area contributed by atoms with Crippen LogP contribution in [0.25, 0.3) is 11.1 Å². The van der Waals surface area contributed by atoms with E-state index in [0.29, 0.717) is 6.61 Å². The third-order valence-electron chi connectivity index (χ3n) is 5.51. The summed E-state index contributed by atoms with van der Waals surface area (Å²) in [4.78, 5) is 14.2. The van der Waals surface area contributed by atoms with Crippen LogP contribution in [-0.2, 0) is 9.47 Å². The summed E-state index contributed by atoms with van der Waals surface area (Å²) >= 11 is 1.64. The highest BCUT2D eigenvalue weighted by Gasteiger charge is 2.39. The van der Waals surface area contributed by atoms with Gasteiger partial charge in [-0.05, 0) is 38.2 Å². The Labute approximate surface area is 158 Å². The second kappa shape index (κ2) is 7.51. The second-order valence-corrected chi connectivity index (χ2v) is 8.34. The van der Waals surface area contributed by atoms with Crippen molar-refractivity contribution in [2.45, 2.75) is 44.2 Å². The van der Waals surface area contributed by atoms with Crippen molar-refractivity contribution in [3.63, 3.8) is 0 Å². The topological polar surface area (TPSA) is 47.6 Å². The Balaban J connectivity index is 1.51. The Morgan fingerprint density at radius 2 is 1.96 bits per heavy atom. The molecule has 2 aliphatic rings. The maximum Gasteiger partial charge on any atom is 0.252 e. The molecule has 2 saturated heterocycles. The molecule has 1 aromatic heterocycles. The van der Waals surface area contributed by atoms with Gasteiger partial charge in [0.05, 0.1) is 11.2 Å². The van der Waals surface area contributed by atoms with Crippen molar-refractivity contribution >= 4 is 17.2 Å². The molecule has 0 saturated carbocycles. The number of amides is 1. The van der Waals surface area contributed by atoms with E-state index in [-0.39, 0.29) is 17.6 Å². The first kappa shape index (κ1) is 17.7. The van der Waals surface area contributed by atoms with Crippen molar-refractivity contribution in [3.05, 3.63) is 46.2 Å². The minimum absolute atomic E-state index is 0.0299. The van der Waals surface area contributed by atoms with Crippen molar-refractivity contribution in [1.29, 1.82) is 0 Å². The minimum Gasteiger partial charge on any atom is -0.381 e. The zero-order chi connectivity index (χ0) is 18.0. The van der Waals surface area contributed by atoms with Gasteiger partial charge < -0.3 is 14.8 Å². The largest absolute Gasteiger partial charge is 0.381 e. The summed E-state index contributed by atoms with van der Waals surface area (Å²) < 4.78 is 11.6. The minimum atomic E-state index is -0.110. The number of carbonyl (C=O) groups excluding carboxylic acids is 1. The van der Waals surface area contributed by atoms with E-state index in [1.54, 1.807) is 11.3 Å². The van der Waals surface area contributed by atoms with Gasteiger partial charge in [0, 0.05) is 41.7 Å². The summed E-state index contributed by atoms with van der Waals surface area (Å²) in [5.74, 6) is 0.0299. The molecule has 5 heteroatoms. The van der Waals surface area contributed by atoms with E-state index in [9.17, 15) is 4.79 Å². The molecule has 1 spiro atoms. The molecule has 1 aromatic carbocycles. The smallest absolute Gasteiger partial charge is 0.252 e. The summed E-state index contributed by atoms with van der Waals surface area (Å²) in [6.45, 7) is 4.29. The molecule has 2 fully saturated rings. The number of aryl methyl sites for hydroxylation is 1. The van der Waals surface area contributed by atoms with Crippen molar-refractivity contribution < 1.29 is 14.3 Å². The highest BCUT2D eigenvalue weighted by atomic mass is 32.1. The number of ether oxygens (including phenoxy) is 2. The first-order valence-corrected chi connectivity index (χ1v) is 10.2. The van der Waals surface area contributed by atoms with Crippen LogP contribution in [0.4, 0.5) is 0 Å². The molecule has 3 heterocycles. The van der Waals surface area contributed by atoms with E-state index in [4.69, 9.17) is 9.47 Å². The number of thiophene rings is 1. The van der Waals surface area contributed by atoms with Crippen LogP contribution in [0.5, 0.6) is 0 Å². The van der Waals surface area contributed by atoms with Gasteiger partial charge in [-0.25, -0.2) is 0 Å². The van der Waals surface area contributed by atoms with E-state index in [0.717, 1.165) is 55.6 Å². The average Bonchev–Trinajstić information content (AvgIpc) is 3.05. The molecule has 138 valence electrons. The molecule has 2 aliphatic heterocycles. The normalized spacial score (nSPS) is 22.3. The maximum absolute atomic E-state index is 13.0. The molecule has 26 heavy (non-hydrogen) atoms. The van der Waals surface area contributed by atoms with Crippen LogP contribution in [0.3, 0.4) is 0 Å². The summed E-state index contributed by atoms with van der Waals surface area (Å²) in [5, 5.41) is 5.26.